The highest BCUT2D eigenvalue weighted by Crippen LogP contribution is 2.22. The fraction of sp³-hybridized carbons (Fsp3) is 0.0667. The molecule has 0 saturated heterocycles. The Hall–Kier alpha value is -3.02. The van der Waals surface area contributed by atoms with E-state index in [4.69, 9.17) is 4.74 Å². The van der Waals surface area contributed by atoms with E-state index in [1.807, 2.05) is 24.3 Å². The van der Waals surface area contributed by atoms with Crippen LogP contribution < -0.4 is 4.74 Å². The number of nitro groups is 1. The van der Waals surface area contributed by atoms with Crippen LogP contribution in [0.4, 0.5) is 5.69 Å². The summed E-state index contributed by atoms with van der Waals surface area (Å²) < 4.78 is 5.64. The van der Waals surface area contributed by atoms with Crippen molar-refractivity contribution in [2.45, 2.75) is 6.61 Å². The molecule has 6 heteroatoms. The second kappa shape index (κ2) is 5.54. The SMILES string of the molecule is O=[N+]([O-])c1cccc(COc2nncc3ccccc23)c1. The lowest BCUT2D eigenvalue weighted by molar-refractivity contribution is -0.384. The van der Waals surface area contributed by atoms with Crippen molar-refractivity contribution in [2.75, 3.05) is 0 Å². The van der Waals surface area contributed by atoms with Crippen LogP contribution in [0.5, 0.6) is 5.88 Å². The zero-order chi connectivity index (χ0) is 14.7. The van der Waals surface area contributed by atoms with Crippen molar-refractivity contribution in [3.63, 3.8) is 0 Å². The number of benzene rings is 2. The van der Waals surface area contributed by atoms with Crippen LogP contribution in [0.15, 0.2) is 54.7 Å². The minimum Gasteiger partial charge on any atom is -0.471 e. The molecule has 0 bridgehead atoms. The van der Waals surface area contributed by atoms with Crippen LogP contribution >= 0.6 is 0 Å². The highest BCUT2D eigenvalue weighted by molar-refractivity contribution is 5.85. The lowest BCUT2D eigenvalue weighted by Gasteiger charge is -2.07. The first-order valence-corrected chi connectivity index (χ1v) is 6.30. The van der Waals surface area contributed by atoms with Crippen LogP contribution in [0.2, 0.25) is 0 Å². The van der Waals surface area contributed by atoms with Crippen molar-refractivity contribution < 1.29 is 9.66 Å². The van der Waals surface area contributed by atoms with Gasteiger partial charge in [0.2, 0.25) is 5.88 Å². The summed E-state index contributed by atoms with van der Waals surface area (Å²) in [4.78, 5) is 10.3. The van der Waals surface area contributed by atoms with Crippen molar-refractivity contribution in [1.29, 1.82) is 0 Å². The van der Waals surface area contributed by atoms with Gasteiger partial charge in [0.05, 0.1) is 11.1 Å². The van der Waals surface area contributed by atoms with E-state index in [1.54, 1.807) is 18.3 Å². The highest BCUT2D eigenvalue weighted by Gasteiger charge is 2.08. The molecule has 104 valence electrons. The van der Waals surface area contributed by atoms with Gasteiger partial charge in [-0.25, -0.2) is 0 Å². The van der Waals surface area contributed by atoms with E-state index in [1.165, 1.54) is 12.1 Å². The average molecular weight is 281 g/mol. The minimum absolute atomic E-state index is 0.0418. The molecule has 0 saturated carbocycles. The Morgan fingerprint density at radius 1 is 1.14 bits per heavy atom. The van der Waals surface area contributed by atoms with Crippen molar-refractivity contribution >= 4 is 16.5 Å². The summed E-state index contributed by atoms with van der Waals surface area (Å²) in [7, 11) is 0. The van der Waals surface area contributed by atoms with Gasteiger partial charge in [0.1, 0.15) is 6.61 Å². The minimum atomic E-state index is -0.429. The van der Waals surface area contributed by atoms with E-state index in [-0.39, 0.29) is 12.3 Å². The first-order valence-electron chi connectivity index (χ1n) is 6.30. The number of hydrogen-bond acceptors (Lipinski definition) is 5. The Bertz CT molecular complexity index is 800. The molecule has 0 aliphatic carbocycles. The number of nitrogens with zero attached hydrogens (tertiary/aromatic N) is 3. The van der Waals surface area contributed by atoms with Gasteiger partial charge in [-0.05, 0) is 11.6 Å². The van der Waals surface area contributed by atoms with E-state index in [0.29, 0.717) is 11.4 Å². The van der Waals surface area contributed by atoms with Gasteiger partial charge in [0, 0.05) is 22.9 Å². The lowest BCUT2D eigenvalue weighted by atomic mass is 10.2. The maximum Gasteiger partial charge on any atom is 0.269 e. The largest absolute Gasteiger partial charge is 0.471 e. The van der Waals surface area contributed by atoms with Crippen LogP contribution in [-0.2, 0) is 6.61 Å². The van der Waals surface area contributed by atoms with Gasteiger partial charge in [-0.3, -0.25) is 10.1 Å². The van der Waals surface area contributed by atoms with Gasteiger partial charge in [-0.1, -0.05) is 30.3 Å². The van der Waals surface area contributed by atoms with Crippen molar-refractivity contribution in [3.05, 3.63) is 70.4 Å². The second-order valence-corrected chi connectivity index (χ2v) is 4.45. The average Bonchev–Trinajstić information content (AvgIpc) is 2.53. The molecule has 0 atom stereocenters. The number of ether oxygens (including phenoxy) is 1. The van der Waals surface area contributed by atoms with Gasteiger partial charge in [-0.2, -0.15) is 5.10 Å². The molecule has 0 aliphatic rings. The van der Waals surface area contributed by atoms with E-state index in [9.17, 15) is 10.1 Å². The summed E-state index contributed by atoms with van der Waals surface area (Å²) in [6.45, 7) is 0.199. The maximum atomic E-state index is 10.7. The Balaban J connectivity index is 1.84. The lowest BCUT2D eigenvalue weighted by Crippen LogP contribution is -2.00. The third-order valence-electron chi connectivity index (χ3n) is 3.03. The monoisotopic (exact) mass is 281 g/mol. The standard InChI is InChI=1S/C15H11N3O3/c19-18(20)13-6-3-4-11(8-13)10-21-15-14-7-2-1-5-12(14)9-16-17-15/h1-9H,10H2. The first-order chi connectivity index (χ1) is 10.2. The number of fused-ring (bicyclic) bond motifs is 1. The molecular weight excluding hydrogens is 270 g/mol. The smallest absolute Gasteiger partial charge is 0.269 e. The number of hydrogen-bond donors (Lipinski definition) is 0. The van der Waals surface area contributed by atoms with E-state index >= 15 is 0 Å². The Morgan fingerprint density at radius 2 is 2.00 bits per heavy atom. The van der Waals surface area contributed by atoms with Crippen LogP contribution in [0.25, 0.3) is 10.8 Å². The maximum absolute atomic E-state index is 10.7. The van der Waals surface area contributed by atoms with E-state index in [0.717, 1.165) is 10.8 Å². The summed E-state index contributed by atoms with van der Waals surface area (Å²) in [5.74, 6) is 0.416. The van der Waals surface area contributed by atoms with Crippen molar-refractivity contribution in [1.82, 2.24) is 10.2 Å². The molecule has 0 fully saturated rings. The molecule has 2 aromatic carbocycles. The number of rotatable bonds is 4. The molecule has 1 heterocycles. The molecule has 0 amide bonds. The van der Waals surface area contributed by atoms with Gasteiger partial charge >= 0.3 is 0 Å². The Morgan fingerprint density at radius 3 is 2.86 bits per heavy atom. The van der Waals surface area contributed by atoms with Crippen molar-refractivity contribution in [3.8, 4) is 5.88 Å². The van der Waals surface area contributed by atoms with Gasteiger partial charge in [0.15, 0.2) is 0 Å². The summed E-state index contributed by atoms with van der Waals surface area (Å²) in [5, 5.41) is 20.4. The van der Waals surface area contributed by atoms with Crippen molar-refractivity contribution in [2.24, 2.45) is 0 Å². The molecule has 0 radical (unpaired) electrons. The predicted molar refractivity (Wildman–Crippen MR) is 77.0 cm³/mol. The zero-order valence-corrected chi connectivity index (χ0v) is 11.0. The summed E-state index contributed by atoms with van der Waals surface area (Å²) >= 11 is 0. The molecule has 1 aromatic heterocycles. The molecular formula is C15H11N3O3. The molecule has 3 aromatic rings. The predicted octanol–water partition coefficient (Wildman–Crippen LogP) is 3.12. The third kappa shape index (κ3) is 2.79. The Labute approximate surface area is 120 Å². The Kier molecular flexibility index (Phi) is 3.42. The fourth-order valence-corrected chi connectivity index (χ4v) is 2.02. The molecule has 3 rings (SSSR count). The molecule has 21 heavy (non-hydrogen) atoms. The van der Waals surface area contributed by atoms with Crippen LogP contribution in [-0.4, -0.2) is 15.1 Å². The second-order valence-electron chi connectivity index (χ2n) is 4.45. The summed E-state index contributed by atoms with van der Waals surface area (Å²) in [6.07, 6.45) is 1.66. The fourth-order valence-electron chi connectivity index (χ4n) is 2.02. The molecule has 6 nitrogen and oxygen atoms in total. The van der Waals surface area contributed by atoms with Crippen LogP contribution in [0, 0.1) is 10.1 Å². The molecule has 0 aliphatic heterocycles. The first kappa shape index (κ1) is 13.0. The zero-order valence-electron chi connectivity index (χ0n) is 11.0. The van der Waals surface area contributed by atoms with E-state index in [2.05, 4.69) is 10.2 Å². The number of aromatic nitrogens is 2. The molecule has 0 N–H and O–H groups in total. The number of nitro benzene ring substituents is 1. The van der Waals surface area contributed by atoms with Crippen LogP contribution in [0.1, 0.15) is 5.56 Å². The van der Waals surface area contributed by atoms with Gasteiger partial charge < -0.3 is 4.74 Å². The van der Waals surface area contributed by atoms with E-state index < -0.39 is 4.92 Å². The molecule has 0 unspecified atom stereocenters. The summed E-state index contributed by atoms with van der Waals surface area (Å²) in [6, 6.07) is 14.0. The van der Waals surface area contributed by atoms with Crippen LogP contribution in [0.3, 0.4) is 0 Å². The number of non-ortho nitro benzene ring substituents is 1. The van der Waals surface area contributed by atoms with Gasteiger partial charge in [0.25, 0.3) is 5.69 Å². The third-order valence-corrected chi connectivity index (χ3v) is 3.03. The summed E-state index contributed by atoms with van der Waals surface area (Å²) in [5.41, 5.74) is 0.749. The normalized spacial score (nSPS) is 10.5. The quantitative estimate of drug-likeness (QED) is 0.542. The van der Waals surface area contributed by atoms with Gasteiger partial charge in [-0.15, -0.1) is 5.10 Å². The topological polar surface area (TPSA) is 78.2 Å². The molecule has 0 spiro atoms. The highest BCUT2D eigenvalue weighted by atomic mass is 16.6.